The molecule has 14 heteroatoms. The highest BCUT2D eigenvalue weighted by molar-refractivity contribution is 6.41. The Hall–Kier alpha value is -3.07. The Morgan fingerprint density at radius 1 is 1.11 bits per heavy atom. The standard InChI is InChI=1S/C22H22B4ClF2N3O4/c23-15-8-20(24,18(35)30-16(15)33)32-9-10-7-12(3-6-14(10)17(32)34)22(25,26)31-19(36)21(28,29)11-1-4-13(27)5-2-11/h1-7,15H,8-9,23-26H2,(H,31,36)(H,30,33,35)/t15?,20-/m1/s1. The summed E-state index contributed by atoms with van der Waals surface area (Å²) < 4.78 is 29.7. The molecule has 1 fully saturated rings. The molecule has 2 aromatic carbocycles. The molecule has 4 amide bonds. The van der Waals surface area contributed by atoms with Crippen molar-refractivity contribution < 1.29 is 28.0 Å². The van der Waals surface area contributed by atoms with Crippen LogP contribution in [0.4, 0.5) is 8.78 Å². The average Bonchev–Trinajstić information content (AvgIpc) is 3.14. The van der Waals surface area contributed by atoms with Gasteiger partial charge < -0.3 is 10.2 Å². The first-order valence-electron chi connectivity index (χ1n) is 11.4. The fraction of sp³-hybridized carbons (Fsp3) is 0.273. The van der Waals surface area contributed by atoms with E-state index < -0.39 is 39.9 Å². The summed E-state index contributed by atoms with van der Waals surface area (Å²) in [4.78, 5) is 51.8. The number of nitrogens with zero attached hydrogens (tertiary/aromatic N) is 1. The normalized spacial score (nSPS) is 22.2. The minimum absolute atomic E-state index is 0.109. The molecule has 0 spiro atoms. The van der Waals surface area contributed by atoms with Crippen molar-refractivity contribution >= 4 is 66.6 Å². The number of rotatable bonds is 5. The quantitative estimate of drug-likeness (QED) is 0.375. The van der Waals surface area contributed by atoms with Gasteiger partial charge >= 0.3 is 5.92 Å². The summed E-state index contributed by atoms with van der Waals surface area (Å²) in [5, 5.41) is 3.81. The highest BCUT2D eigenvalue weighted by Crippen LogP contribution is 2.36. The van der Waals surface area contributed by atoms with Gasteiger partial charge in [0.1, 0.15) is 31.4 Å². The van der Waals surface area contributed by atoms with E-state index in [9.17, 15) is 28.0 Å². The molecule has 2 heterocycles. The van der Waals surface area contributed by atoms with Crippen molar-refractivity contribution in [3.63, 3.8) is 0 Å². The molecule has 0 bridgehead atoms. The third kappa shape index (κ3) is 4.34. The maximum atomic E-state index is 14.8. The van der Waals surface area contributed by atoms with E-state index >= 15 is 0 Å². The molecule has 182 valence electrons. The first-order valence-corrected chi connectivity index (χ1v) is 11.8. The SMILES string of the molecule is BC1C[C@@](B)(N2Cc3cc(C(B)(B)NC(=O)C(F)(F)c4ccc(Cl)cc4)ccc3C2=O)C(=O)NC1=O. The molecule has 2 aliphatic heterocycles. The summed E-state index contributed by atoms with van der Waals surface area (Å²) in [6.45, 7) is 0.109. The van der Waals surface area contributed by atoms with Crippen LogP contribution in [-0.2, 0) is 32.2 Å². The van der Waals surface area contributed by atoms with Crippen molar-refractivity contribution in [1.29, 1.82) is 0 Å². The number of nitrogens with one attached hydrogen (secondary N) is 2. The maximum absolute atomic E-state index is 14.8. The number of fused-ring (bicyclic) bond motifs is 1. The monoisotopic (exact) mass is 509 g/mol. The smallest absolute Gasteiger partial charge is 0.349 e. The van der Waals surface area contributed by atoms with Gasteiger partial charge in [-0.1, -0.05) is 35.9 Å². The Labute approximate surface area is 215 Å². The molecule has 2 aliphatic rings. The molecule has 4 rings (SSSR count). The zero-order chi connectivity index (χ0) is 26.6. The second kappa shape index (κ2) is 8.80. The number of hydrogen-bond donors (Lipinski definition) is 2. The lowest BCUT2D eigenvalue weighted by atomic mass is 9.57. The van der Waals surface area contributed by atoms with Gasteiger partial charge in [-0.3, -0.25) is 24.5 Å². The first-order chi connectivity index (χ1) is 16.7. The van der Waals surface area contributed by atoms with Crippen molar-refractivity contribution in [2.45, 2.75) is 35.5 Å². The Kier molecular flexibility index (Phi) is 6.35. The predicted molar refractivity (Wildman–Crippen MR) is 140 cm³/mol. The Bertz CT molecular complexity index is 1290. The van der Waals surface area contributed by atoms with E-state index in [-0.39, 0.29) is 29.8 Å². The average molecular weight is 509 g/mol. The lowest BCUT2D eigenvalue weighted by molar-refractivity contribution is -0.147. The van der Waals surface area contributed by atoms with E-state index in [1.54, 1.807) is 49.6 Å². The minimum atomic E-state index is -3.79. The fourth-order valence-electron chi connectivity index (χ4n) is 4.72. The summed E-state index contributed by atoms with van der Waals surface area (Å²) in [6, 6.07) is 9.61. The number of benzene rings is 2. The minimum Gasteiger partial charge on any atom is -0.357 e. The Balaban J connectivity index is 1.57. The summed E-state index contributed by atoms with van der Waals surface area (Å²) in [5.74, 6) is -6.98. The van der Waals surface area contributed by atoms with Crippen molar-refractivity contribution in [1.82, 2.24) is 15.5 Å². The van der Waals surface area contributed by atoms with Gasteiger partial charge in [-0.05, 0) is 35.7 Å². The van der Waals surface area contributed by atoms with Gasteiger partial charge in [-0.2, -0.15) is 8.78 Å². The largest absolute Gasteiger partial charge is 0.357 e. The van der Waals surface area contributed by atoms with E-state index in [1.165, 1.54) is 17.0 Å². The van der Waals surface area contributed by atoms with Crippen molar-refractivity contribution in [2.75, 3.05) is 0 Å². The van der Waals surface area contributed by atoms with Gasteiger partial charge in [0.15, 0.2) is 0 Å². The number of imide groups is 1. The third-order valence-electron chi connectivity index (χ3n) is 7.02. The Morgan fingerprint density at radius 2 is 1.72 bits per heavy atom. The number of carbonyl (C=O) groups excluding carboxylic acids is 4. The number of halogens is 3. The maximum Gasteiger partial charge on any atom is 0.349 e. The van der Waals surface area contributed by atoms with E-state index in [1.807, 2.05) is 0 Å². The molecule has 1 saturated heterocycles. The number of carbonyl (C=O) groups is 4. The van der Waals surface area contributed by atoms with Crippen LogP contribution in [0.2, 0.25) is 10.8 Å². The van der Waals surface area contributed by atoms with Gasteiger partial charge in [0.2, 0.25) is 11.8 Å². The van der Waals surface area contributed by atoms with Crippen molar-refractivity contribution in [2.24, 2.45) is 0 Å². The third-order valence-corrected chi connectivity index (χ3v) is 7.27. The molecule has 0 saturated carbocycles. The zero-order valence-corrected chi connectivity index (χ0v) is 21.0. The topological polar surface area (TPSA) is 95.6 Å². The predicted octanol–water partition coefficient (Wildman–Crippen LogP) is -1.62. The van der Waals surface area contributed by atoms with Crippen LogP contribution in [0, 0.1) is 0 Å². The Morgan fingerprint density at radius 3 is 2.36 bits per heavy atom. The molecule has 2 N–H and O–H groups in total. The molecular weight excluding hydrogens is 487 g/mol. The van der Waals surface area contributed by atoms with Crippen LogP contribution in [0.5, 0.6) is 0 Å². The van der Waals surface area contributed by atoms with Crippen LogP contribution in [0.3, 0.4) is 0 Å². The number of hydrogen-bond acceptors (Lipinski definition) is 4. The van der Waals surface area contributed by atoms with Crippen LogP contribution < -0.4 is 10.6 Å². The van der Waals surface area contributed by atoms with Gasteiger partial charge in [0.25, 0.3) is 11.8 Å². The highest BCUT2D eigenvalue weighted by Gasteiger charge is 2.50. The van der Waals surface area contributed by atoms with Gasteiger partial charge in [0.05, 0.1) is 5.44 Å². The number of piperidine rings is 1. The first kappa shape index (κ1) is 26.0. The molecule has 0 radical (unpaired) electrons. The molecular formula is C22H22B4ClF2N3O4. The molecule has 1 unspecified atom stereocenters. The zero-order valence-electron chi connectivity index (χ0n) is 20.2. The van der Waals surface area contributed by atoms with Crippen LogP contribution in [0.25, 0.3) is 0 Å². The van der Waals surface area contributed by atoms with Crippen molar-refractivity contribution in [3.05, 3.63) is 69.7 Å². The number of amides is 4. The number of alkyl halides is 2. The summed E-state index contributed by atoms with van der Waals surface area (Å²) in [5.41, 5.74) is -0.206. The van der Waals surface area contributed by atoms with E-state index in [0.717, 1.165) is 12.1 Å². The second-order valence-corrected chi connectivity index (χ2v) is 10.6. The fourth-order valence-corrected chi connectivity index (χ4v) is 4.84. The highest BCUT2D eigenvalue weighted by atomic mass is 35.5. The lowest BCUT2D eigenvalue weighted by Crippen LogP contribution is -2.64. The van der Waals surface area contributed by atoms with E-state index in [4.69, 9.17) is 11.6 Å². The van der Waals surface area contributed by atoms with Gasteiger partial charge in [-0.25, -0.2) is 0 Å². The van der Waals surface area contributed by atoms with Gasteiger partial charge in [-0.15, -0.1) is 0 Å². The molecule has 7 nitrogen and oxygen atoms in total. The van der Waals surface area contributed by atoms with E-state index in [2.05, 4.69) is 10.6 Å². The second-order valence-electron chi connectivity index (χ2n) is 10.1. The summed E-state index contributed by atoms with van der Waals surface area (Å²) in [6.07, 6.45) is 0.186. The lowest BCUT2D eigenvalue weighted by Gasteiger charge is -2.42. The summed E-state index contributed by atoms with van der Waals surface area (Å²) in [7, 11) is 6.49. The van der Waals surface area contributed by atoms with E-state index in [0.29, 0.717) is 16.7 Å². The van der Waals surface area contributed by atoms with Crippen molar-refractivity contribution in [3.8, 4) is 0 Å². The van der Waals surface area contributed by atoms with Gasteiger partial charge in [0, 0.05) is 33.8 Å². The summed E-state index contributed by atoms with van der Waals surface area (Å²) >= 11 is 5.76. The molecule has 2 atom stereocenters. The molecule has 36 heavy (non-hydrogen) atoms. The molecule has 2 aromatic rings. The molecule has 0 aliphatic carbocycles. The van der Waals surface area contributed by atoms with Crippen LogP contribution in [-0.4, -0.2) is 65.4 Å². The van der Waals surface area contributed by atoms with Crippen LogP contribution in [0.15, 0.2) is 42.5 Å². The molecule has 0 aromatic heterocycles. The van der Waals surface area contributed by atoms with Crippen LogP contribution in [0.1, 0.15) is 33.5 Å². The van der Waals surface area contributed by atoms with Crippen LogP contribution >= 0.6 is 11.6 Å².